The number of rotatable bonds is 5. The summed E-state index contributed by atoms with van der Waals surface area (Å²) < 4.78 is 55.1. The molecule has 1 fully saturated rings. The Labute approximate surface area is 151 Å². The van der Waals surface area contributed by atoms with Crippen LogP contribution in [0.25, 0.3) is 10.8 Å². The van der Waals surface area contributed by atoms with Gasteiger partial charge in [-0.25, -0.2) is 4.39 Å². The van der Waals surface area contributed by atoms with Crippen LogP contribution in [0.3, 0.4) is 0 Å². The highest BCUT2D eigenvalue weighted by Gasteiger charge is 2.32. The van der Waals surface area contributed by atoms with Crippen molar-refractivity contribution in [2.75, 3.05) is 0 Å². The molecule has 1 saturated carbocycles. The van der Waals surface area contributed by atoms with Gasteiger partial charge in [0.2, 0.25) is 0 Å². The summed E-state index contributed by atoms with van der Waals surface area (Å²) in [5.41, 5.74) is 1.15. The summed E-state index contributed by atoms with van der Waals surface area (Å²) in [4.78, 5) is 0. The van der Waals surface area contributed by atoms with Gasteiger partial charge in [0.05, 0.1) is 0 Å². The first-order valence-corrected chi connectivity index (χ1v) is 9.35. The standard InChI is InChI=1S/C21H24F4O/c1-2-3-4-14-5-7-15(8-6-14)16-9-11-18-17(13-16)10-12-19(20(18)22)26-21(23,24)25/h9-15H,2-8H2,1H3/t14-,15-. The van der Waals surface area contributed by atoms with Crippen molar-refractivity contribution >= 4 is 10.8 Å². The quantitative estimate of drug-likeness (QED) is 0.502. The number of benzene rings is 2. The molecule has 26 heavy (non-hydrogen) atoms. The number of halogens is 4. The zero-order valence-corrected chi connectivity index (χ0v) is 14.9. The topological polar surface area (TPSA) is 9.23 Å². The monoisotopic (exact) mass is 368 g/mol. The third-order valence-corrected chi connectivity index (χ3v) is 5.45. The maximum absolute atomic E-state index is 14.3. The molecule has 0 amide bonds. The van der Waals surface area contributed by atoms with E-state index in [1.165, 1.54) is 38.2 Å². The van der Waals surface area contributed by atoms with Gasteiger partial charge in [-0.15, -0.1) is 13.2 Å². The van der Waals surface area contributed by atoms with Crippen LogP contribution in [0.2, 0.25) is 0 Å². The molecule has 3 rings (SSSR count). The van der Waals surface area contributed by atoms with Crippen LogP contribution < -0.4 is 4.74 Å². The fraction of sp³-hybridized carbons (Fsp3) is 0.524. The number of hydrogen-bond donors (Lipinski definition) is 0. The molecule has 142 valence electrons. The fourth-order valence-corrected chi connectivity index (χ4v) is 4.03. The number of unbranched alkanes of at least 4 members (excludes halogenated alkanes) is 1. The van der Waals surface area contributed by atoms with Crippen molar-refractivity contribution in [3.8, 4) is 5.75 Å². The van der Waals surface area contributed by atoms with Crippen LogP contribution in [0.15, 0.2) is 30.3 Å². The Bertz CT molecular complexity index is 745. The summed E-state index contributed by atoms with van der Waals surface area (Å²) in [7, 11) is 0. The second-order valence-electron chi connectivity index (χ2n) is 7.27. The van der Waals surface area contributed by atoms with E-state index in [-0.39, 0.29) is 5.39 Å². The summed E-state index contributed by atoms with van der Waals surface area (Å²) in [5.74, 6) is -0.485. The molecule has 1 aliphatic rings. The summed E-state index contributed by atoms with van der Waals surface area (Å²) in [6, 6.07) is 7.88. The molecule has 0 radical (unpaired) electrons. The largest absolute Gasteiger partial charge is 0.573 e. The number of ether oxygens (including phenoxy) is 1. The lowest BCUT2D eigenvalue weighted by Gasteiger charge is -2.29. The minimum absolute atomic E-state index is 0.159. The predicted octanol–water partition coefficient (Wildman–Crippen LogP) is 7.34. The molecule has 0 aromatic heterocycles. The highest BCUT2D eigenvalue weighted by atomic mass is 19.4. The molecule has 1 aliphatic carbocycles. The number of hydrogen-bond acceptors (Lipinski definition) is 1. The minimum atomic E-state index is -4.90. The third-order valence-electron chi connectivity index (χ3n) is 5.45. The summed E-state index contributed by atoms with van der Waals surface area (Å²) >= 11 is 0. The second-order valence-corrected chi connectivity index (χ2v) is 7.27. The van der Waals surface area contributed by atoms with Crippen LogP contribution in [0.5, 0.6) is 5.75 Å². The Kier molecular flexibility index (Phi) is 5.73. The lowest BCUT2D eigenvalue weighted by Crippen LogP contribution is -2.18. The lowest BCUT2D eigenvalue weighted by atomic mass is 9.77. The van der Waals surface area contributed by atoms with Gasteiger partial charge in [0.1, 0.15) is 0 Å². The first-order chi connectivity index (χ1) is 12.4. The van der Waals surface area contributed by atoms with E-state index in [1.54, 1.807) is 6.07 Å². The van der Waals surface area contributed by atoms with Gasteiger partial charge in [0.15, 0.2) is 11.6 Å². The van der Waals surface area contributed by atoms with Gasteiger partial charge in [0.25, 0.3) is 0 Å². The molecule has 0 N–H and O–H groups in total. The van der Waals surface area contributed by atoms with E-state index >= 15 is 0 Å². The highest BCUT2D eigenvalue weighted by molar-refractivity contribution is 5.85. The van der Waals surface area contributed by atoms with Crippen LogP contribution in [-0.2, 0) is 0 Å². The molecule has 5 heteroatoms. The summed E-state index contributed by atoms with van der Waals surface area (Å²) in [5, 5.41) is 0.773. The van der Waals surface area contributed by atoms with E-state index in [2.05, 4.69) is 11.7 Å². The normalized spacial score (nSPS) is 21.1. The molecule has 0 bridgehead atoms. The number of alkyl halides is 3. The van der Waals surface area contributed by atoms with Crippen molar-refractivity contribution in [3.05, 3.63) is 41.7 Å². The molecule has 0 spiro atoms. The maximum Gasteiger partial charge on any atom is 0.573 e. The van der Waals surface area contributed by atoms with Crippen molar-refractivity contribution in [1.82, 2.24) is 0 Å². The minimum Gasteiger partial charge on any atom is -0.403 e. The molecular weight excluding hydrogens is 344 g/mol. The van der Waals surface area contributed by atoms with Gasteiger partial charge in [-0.2, -0.15) is 0 Å². The molecular formula is C21H24F4O. The predicted molar refractivity (Wildman–Crippen MR) is 94.8 cm³/mol. The Morgan fingerprint density at radius 1 is 1.04 bits per heavy atom. The van der Waals surface area contributed by atoms with E-state index in [0.29, 0.717) is 11.3 Å². The van der Waals surface area contributed by atoms with Gasteiger partial charge in [-0.05, 0) is 54.5 Å². The van der Waals surface area contributed by atoms with E-state index in [0.717, 1.165) is 30.4 Å². The summed E-state index contributed by atoms with van der Waals surface area (Å²) in [6.07, 6.45) is 3.60. The first kappa shape index (κ1) is 19.0. The van der Waals surface area contributed by atoms with Crippen molar-refractivity contribution < 1.29 is 22.3 Å². The van der Waals surface area contributed by atoms with Gasteiger partial charge >= 0.3 is 6.36 Å². The molecule has 0 heterocycles. The Morgan fingerprint density at radius 3 is 2.42 bits per heavy atom. The van der Waals surface area contributed by atoms with Crippen LogP contribution in [0, 0.1) is 11.7 Å². The van der Waals surface area contributed by atoms with Crippen LogP contribution in [0.4, 0.5) is 17.6 Å². The first-order valence-electron chi connectivity index (χ1n) is 9.35. The molecule has 0 unspecified atom stereocenters. The smallest absolute Gasteiger partial charge is 0.403 e. The van der Waals surface area contributed by atoms with E-state index < -0.39 is 17.9 Å². The van der Waals surface area contributed by atoms with Gasteiger partial charge in [0, 0.05) is 5.39 Å². The molecule has 0 saturated heterocycles. The molecule has 0 aliphatic heterocycles. The van der Waals surface area contributed by atoms with Gasteiger partial charge in [-0.1, -0.05) is 50.5 Å². The van der Waals surface area contributed by atoms with Crippen LogP contribution in [0.1, 0.15) is 63.4 Å². The zero-order chi connectivity index (χ0) is 18.7. The van der Waals surface area contributed by atoms with Crippen LogP contribution in [-0.4, -0.2) is 6.36 Å². The highest BCUT2D eigenvalue weighted by Crippen LogP contribution is 2.39. The van der Waals surface area contributed by atoms with E-state index in [9.17, 15) is 17.6 Å². The molecule has 2 aromatic rings. The average Bonchev–Trinajstić information content (AvgIpc) is 2.61. The Balaban J connectivity index is 1.75. The number of fused-ring (bicyclic) bond motifs is 1. The zero-order valence-electron chi connectivity index (χ0n) is 14.9. The Morgan fingerprint density at radius 2 is 1.77 bits per heavy atom. The SMILES string of the molecule is CCCC[C@H]1CC[C@H](c2ccc3c(F)c(OC(F)(F)F)ccc3c2)CC1. The lowest BCUT2D eigenvalue weighted by molar-refractivity contribution is -0.275. The fourth-order valence-electron chi connectivity index (χ4n) is 4.03. The second kappa shape index (κ2) is 7.85. The van der Waals surface area contributed by atoms with E-state index in [1.807, 2.05) is 12.1 Å². The Hall–Kier alpha value is -1.78. The average molecular weight is 368 g/mol. The van der Waals surface area contributed by atoms with Crippen LogP contribution >= 0.6 is 0 Å². The van der Waals surface area contributed by atoms with Gasteiger partial charge < -0.3 is 4.74 Å². The van der Waals surface area contributed by atoms with Crippen molar-refractivity contribution in [2.45, 2.75) is 64.1 Å². The summed E-state index contributed by atoms with van der Waals surface area (Å²) in [6.45, 7) is 2.21. The molecule has 2 aromatic carbocycles. The molecule has 0 atom stereocenters. The van der Waals surface area contributed by atoms with Crippen molar-refractivity contribution in [3.63, 3.8) is 0 Å². The van der Waals surface area contributed by atoms with Gasteiger partial charge in [-0.3, -0.25) is 0 Å². The molecule has 1 nitrogen and oxygen atoms in total. The van der Waals surface area contributed by atoms with Crippen molar-refractivity contribution in [1.29, 1.82) is 0 Å². The van der Waals surface area contributed by atoms with Crippen molar-refractivity contribution in [2.24, 2.45) is 5.92 Å². The maximum atomic E-state index is 14.3. The van der Waals surface area contributed by atoms with E-state index in [4.69, 9.17) is 0 Å². The third kappa shape index (κ3) is 4.49.